The van der Waals surface area contributed by atoms with Crippen LogP contribution in [0.1, 0.15) is 11.1 Å². The summed E-state index contributed by atoms with van der Waals surface area (Å²) in [5, 5.41) is 0. The minimum absolute atomic E-state index is 0.0715. The molecule has 3 rings (SSSR count). The Morgan fingerprint density at radius 3 is 2.52 bits per heavy atom. The number of amides is 1. The second-order valence-electron chi connectivity index (χ2n) is 6.20. The quantitative estimate of drug-likeness (QED) is 0.787. The molecule has 4 nitrogen and oxygen atoms in total. The number of benzene rings is 2. The molecule has 0 radical (unpaired) electrons. The number of hydrogen-bond acceptors (Lipinski definition) is 3. The third kappa shape index (κ3) is 4.94. The second kappa shape index (κ2) is 8.49. The Bertz CT molecular complexity index is 720. The molecule has 1 aliphatic rings. The predicted molar refractivity (Wildman–Crippen MR) is 100 cm³/mol. The van der Waals surface area contributed by atoms with Gasteiger partial charge in [-0.05, 0) is 29.3 Å². The van der Waals surface area contributed by atoms with E-state index in [2.05, 4.69) is 29.2 Å². The Hall–Kier alpha value is -2.59. The van der Waals surface area contributed by atoms with Crippen molar-refractivity contribution in [2.24, 2.45) is 0 Å². The van der Waals surface area contributed by atoms with Gasteiger partial charge in [-0.1, -0.05) is 42.5 Å². The molecule has 25 heavy (non-hydrogen) atoms. The molecule has 0 atom stereocenters. The van der Waals surface area contributed by atoms with E-state index in [1.807, 2.05) is 41.3 Å². The Morgan fingerprint density at radius 2 is 1.80 bits per heavy atom. The number of carbonyl (C=O) groups is 1. The molecule has 0 unspecified atom stereocenters. The molecule has 0 aromatic heterocycles. The zero-order chi connectivity index (χ0) is 17.5. The number of piperazine rings is 1. The summed E-state index contributed by atoms with van der Waals surface area (Å²) in [6, 6.07) is 18.2. The minimum Gasteiger partial charge on any atom is -0.497 e. The van der Waals surface area contributed by atoms with E-state index in [0.717, 1.165) is 44.0 Å². The predicted octanol–water partition coefficient (Wildman–Crippen LogP) is 3.05. The normalized spacial score (nSPS) is 15.5. The van der Waals surface area contributed by atoms with E-state index in [1.54, 1.807) is 13.2 Å². The van der Waals surface area contributed by atoms with Gasteiger partial charge in [0.1, 0.15) is 5.75 Å². The molecule has 2 aromatic carbocycles. The zero-order valence-electron chi connectivity index (χ0n) is 14.6. The third-order valence-corrected chi connectivity index (χ3v) is 4.45. The first-order chi connectivity index (χ1) is 12.2. The number of carbonyl (C=O) groups excluding carboxylic acids is 1. The van der Waals surface area contributed by atoms with Crippen LogP contribution in [0, 0.1) is 0 Å². The highest BCUT2D eigenvalue weighted by atomic mass is 16.5. The van der Waals surface area contributed by atoms with Gasteiger partial charge in [0, 0.05) is 38.8 Å². The summed E-state index contributed by atoms with van der Waals surface area (Å²) in [5.41, 5.74) is 2.29. The molecule has 1 fully saturated rings. The van der Waals surface area contributed by atoms with Crippen LogP contribution in [0.4, 0.5) is 0 Å². The summed E-state index contributed by atoms with van der Waals surface area (Å²) < 4.78 is 5.20. The van der Waals surface area contributed by atoms with Crippen LogP contribution >= 0.6 is 0 Å². The number of ether oxygens (including phenoxy) is 1. The van der Waals surface area contributed by atoms with Crippen molar-refractivity contribution in [2.45, 2.75) is 6.54 Å². The lowest BCUT2D eigenvalue weighted by molar-refractivity contribution is -0.127. The molecule has 0 saturated carbocycles. The van der Waals surface area contributed by atoms with Crippen LogP contribution in [0.2, 0.25) is 0 Å². The lowest BCUT2D eigenvalue weighted by Crippen LogP contribution is -2.47. The van der Waals surface area contributed by atoms with Crippen molar-refractivity contribution in [3.05, 3.63) is 71.8 Å². The van der Waals surface area contributed by atoms with Gasteiger partial charge in [-0.15, -0.1) is 0 Å². The molecule has 0 aliphatic carbocycles. The van der Waals surface area contributed by atoms with Gasteiger partial charge in [0.2, 0.25) is 5.91 Å². The first kappa shape index (κ1) is 17.2. The van der Waals surface area contributed by atoms with Crippen molar-refractivity contribution >= 4 is 12.0 Å². The molecule has 1 saturated heterocycles. The van der Waals surface area contributed by atoms with Gasteiger partial charge in [-0.2, -0.15) is 0 Å². The number of methoxy groups -OCH3 is 1. The fourth-order valence-corrected chi connectivity index (χ4v) is 2.99. The van der Waals surface area contributed by atoms with Crippen molar-refractivity contribution in [3.63, 3.8) is 0 Å². The standard InChI is InChI=1S/C21H24N2O2/c1-25-20-9-5-8-18(16-20)10-11-21(24)23-14-12-22(13-15-23)17-19-6-3-2-4-7-19/h2-11,16H,12-15,17H2,1H3/b11-10+. The maximum atomic E-state index is 12.4. The second-order valence-corrected chi connectivity index (χ2v) is 6.20. The smallest absolute Gasteiger partial charge is 0.246 e. The maximum absolute atomic E-state index is 12.4. The van der Waals surface area contributed by atoms with Gasteiger partial charge in [0.05, 0.1) is 7.11 Å². The SMILES string of the molecule is COc1cccc(/C=C/C(=O)N2CCN(Cc3ccccc3)CC2)c1. The van der Waals surface area contributed by atoms with E-state index in [9.17, 15) is 4.79 Å². The average molecular weight is 336 g/mol. The van der Waals surface area contributed by atoms with Crippen LogP contribution in [0.5, 0.6) is 5.75 Å². The fourth-order valence-electron chi connectivity index (χ4n) is 2.99. The van der Waals surface area contributed by atoms with Crippen LogP contribution in [0.15, 0.2) is 60.7 Å². The van der Waals surface area contributed by atoms with E-state index >= 15 is 0 Å². The van der Waals surface area contributed by atoms with Gasteiger partial charge in [-0.3, -0.25) is 9.69 Å². The third-order valence-electron chi connectivity index (χ3n) is 4.45. The molecule has 130 valence electrons. The Labute approximate surface area is 149 Å². The molecule has 2 aromatic rings. The summed E-state index contributed by atoms with van der Waals surface area (Å²) in [6.07, 6.45) is 3.50. The van der Waals surface area contributed by atoms with Crippen molar-refractivity contribution in [3.8, 4) is 5.75 Å². The Balaban J connectivity index is 1.50. The molecule has 0 bridgehead atoms. The highest BCUT2D eigenvalue weighted by molar-refractivity contribution is 5.91. The Kier molecular flexibility index (Phi) is 5.86. The number of rotatable bonds is 5. The van der Waals surface area contributed by atoms with Crippen molar-refractivity contribution in [1.82, 2.24) is 9.80 Å². The molecule has 0 spiro atoms. The number of nitrogens with zero attached hydrogens (tertiary/aromatic N) is 2. The summed E-state index contributed by atoms with van der Waals surface area (Å²) >= 11 is 0. The highest BCUT2D eigenvalue weighted by Crippen LogP contribution is 2.14. The van der Waals surface area contributed by atoms with Gasteiger partial charge in [0.15, 0.2) is 0 Å². The largest absolute Gasteiger partial charge is 0.497 e. The summed E-state index contributed by atoms with van der Waals surface area (Å²) in [4.78, 5) is 16.7. The summed E-state index contributed by atoms with van der Waals surface area (Å²) in [6.45, 7) is 4.31. The van der Waals surface area contributed by atoms with Crippen molar-refractivity contribution in [2.75, 3.05) is 33.3 Å². The van der Waals surface area contributed by atoms with Crippen LogP contribution in [0.3, 0.4) is 0 Å². The van der Waals surface area contributed by atoms with E-state index in [0.29, 0.717) is 0 Å². The molecule has 4 heteroatoms. The Morgan fingerprint density at radius 1 is 1.04 bits per heavy atom. The van der Waals surface area contributed by atoms with Gasteiger partial charge >= 0.3 is 0 Å². The monoisotopic (exact) mass is 336 g/mol. The zero-order valence-corrected chi connectivity index (χ0v) is 14.6. The fraction of sp³-hybridized carbons (Fsp3) is 0.286. The number of hydrogen-bond donors (Lipinski definition) is 0. The summed E-state index contributed by atoms with van der Waals surface area (Å²) in [7, 11) is 1.64. The van der Waals surface area contributed by atoms with Gasteiger partial charge in [0.25, 0.3) is 0 Å². The lowest BCUT2D eigenvalue weighted by atomic mass is 10.2. The highest BCUT2D eigenvalue weighted by Gasteiger charge is 2.19. The molecule has 1 amide bonds. The maximum Gasteiger partial charge on any atom is 0.246 e. The molecular formula is C21H24N2O2. The minimum atomic E-state index is 0.0715. The van der Waals surface area contributed by atoms with E-state index in [1.165, 1.54) is 5.56 Å². The van der Waals surface area contributed by atoms with E-state index in [-0.39, 0.29) is 5.91 Å². The lowest BCUT2D eigenvalue weighted by Gasteiger charge is -2.34. The van der Waals surface area contributed by atoms with Crippen LogP contribution < -0.4 is 4.74 Å². The topological polar surface area (TPSA) is 32.8 Å². The first-order valence-corrected chi connectivity index (χ1v) is 8.62. The van der Waals surface area contributed by atoms with Gasteiger partial charge < -0.3 is 9.64 Å². The van der Waals surface area contributed by atoms with E-state index < -0.39 is 0 Å². The molecule has 1 heterocycles. The van der Waals surface area contributed by atoms with Crippen molar-refractivity contribution < 1.29 is 9.53 Å². The molecule has 0 N–H and O–H groups in total. The van der Waals surface area contributed by atoms with Crippen LogP contribution in [-0.2, 0) is 11.3 Å². The van der Waals surface area contributed by atoms with Crippen LogP contribution in [0.25, 0.3) is 6.08 Å². The van der Waals surface area contributed by atoms with Crippen molar-refractivity contribution in [1.29, 1.82) is 0 Å². The van der Waals surface area contributed by atoms with Gasteiger partial charge in [-0.25, -0.2) is 0 Å². The van der Waals surface area contributed by atoms with Crippen LogP contribution in [-0.4, -0.2) is 49.0 Å². The van der Waals surface area contributed by atoms with E-state index in [4.69, 9.17) is 4.74 Å². The summed E-state index contributed by atoms with van der Waals surface area (Å²) in [5.74, 6) is 0.867. The first-order valence-electron chi connectivity index (χ1n) is 8.62. The average Bonchev–Trinajstić information content (AvgIpc) is 2.67. The molecular weight excluding hydrogens is 312 g/mol. The molecule has 1 aliphatic heterocycles.